The fraction of sp³-hybridized carbons (Fsp3) is 0.350. The molecule has 2 aromatic rings. The van der Waals surface area contributed by atoms with E-state index in [1.807, 2.05) is 39.8 Å². The van der Waals surface area contributed by atoms with E-state index in [0.717, 1.165) is 0 Å². The Bertz CT molecular complexity index is 738. The Balaban J connectivity index is 0.00000171. The minimum absolute atomic E-state index is 0.0389. The SMILES string of the molecule is CC.CC.COc1ccccc1O/C(C)=C(\Cl)N/C(=N\CCl)c1ncccn1. The van der Waals surface area contributed by atoms with Crippen LogP contribution in [0.15, 0.2) is 58.6 Å². The molecule has 1 N–H and O–H groups in total. The predicted octanol–water partition coefficient (Wildman–Crippen LogP) is 5.58. The van der Waals surface area contributed by atoms with Crippen molar-refractivity contribution < 1.29 is 9.47 Å². The Morgan fingerprint density at radius 3 is 2.14 bits per heavy atom. The van der Waals surface area contributed by atoms with Crippen LogP contribution in [-0.2, 0) is 0 Å². The van der Waals surface area contributed by atoms with Gasteiger partial charge in [0.05, 0.1) is 7.11 Å². The topological polar surface area (TPSA) is 68.6 Å². The monoisotopic (exact) mass is 426 g/mol. The maximum Gasteiger partial charge on any atom is 0.195 e. The van der Waals surface area contributed by atoms with Crippen LogP contribution in [0, 0.1) is 0 Å². The number of alkyl halides is 1. The van der Waals surface area contributed by atoms with Gasteiger partial charge in [-0.1, -0.05) is 51.4 Å². The summed E-state index contributed by atoms with van der Waals surface area (Å²) in [7, 11) is 1.57. The van der Waals surface area contributed by atoms with Gasteiger partial charge in [-0.05, 0) is 25.1 Å². The van der Waals surface area contributed by atoms with Crippen LogP contribution in [0.4, 0.5) is 0 Å². The van der Waals surface area contributed by atoms with Crippen molar-refractivity contribution in [3.63, 3.8) is 0 Å². The quantitative estimate of drug-likeness (QED) is 0.214. The Morgan fingerprint density at radius 2 is 1.61 bits per heavy atom. The van der Waals surface area contributed by atoms with Crippen LogP contribution in [-0.4, -0.2) is 28.9 Å². The van der Waals surface area contributed by atoms with Crippen LogP contribution in [0.5, 0.6) is 11.5 Å². The summed E-state index contributed by atoms with van der Waals surface area (Å²) < 4.78 is 11.0. The summed E-state index contributed by atoms with van der Waals surface area (Å²) in [6.45, 7) is 9.71. The molecule has 0 radical (unpaired) electrons. The Labute approximate surface area is 177 Å². The number of benzene rings is 1. The van der Waals surface area contributed by atoms with Gasteiger partial charge in [0.1, 0.15) is 16.9 Å². The van der Waals surface area contributed by atoms with E-state index in [4.69, 9.17) is 32.7 Å². The molecule has 0 aliphatic heterocycles. The second-order valence-electron chi connectivity index (χ2n) is 4.45. The molecule has 0 atom stereocenters. The van der Waals surface area contributed by atoms with Crippen LogP contribution in [0.3, 0.4) is 0 Å². The maximum atomic E-state index is 6.28. The van der Waals surface area contributed by atoms with Crippen LogP contribution >= 0.6 is 23.2 Å². The molecule has 0 aliphatic carbocycles. The van der Waals surface area contributed by atoms with Gasteiger partial charge < -0.3 is 14.8 Å². The highest BCUT2D eigenvalue weighted by Gasteiger charge is 2.11. The van der Waals surface area contributed by atoms with Crippen LogP contribution in [0.25, 0.3) is 0 Å². The molecule has 0 saturated carbocycles. The van der Waals surface area contributed by atoms with Crippen molar-refractivity contribution in [3.05, 3.63) is 59.5 Å². The van der Waals surface area contributed by atoms with Crippen molar-refractivity contribution in [2.24, 2.45) is 4.99 Å². The number of nitrogens with one attached hydrogen (secondary N) is 1. The Hall–Kier alpha value is -2.31. The van der Waals surface area contributed by atoms with E-state index >= 15 is 0 Å². The van der Waals surface area contributed by atoms with Gasteiger partial charge in [0.2, 0.25) is 0 Å². The van der Waals surface area contributed by atoms with E-state index in [2.05, 4.69) is 20.3 Å². The normalized spacial score (nSPS) is 11.1. The summed E-state index contributed by atoms with van der Waals surface area (Å²) >= 11 is 12.0. The number of ether oxygens (including phenoxy) is 2. The van der Waals surface area contributed by atoms with Gasteiger partial charge in [-0.15, -0.1) is 11.6 Å². The molecular weight excluding hydrogens is 399 g/mol. The van der Waals surface area contributed by atoms with E-state index in [1.165, 1.54) is 0 Å². The molecule has 2 rings (SSSR count). The molecule has 0 saturated heterocycles. The minimum Gasteiger partial charge on any atom is -0.493 e. The first-order chi connectivity index (χ1) is 13.7. The van der Waals surface area contributed by atoms with Gasteiger partial charge in [-0.2, -0.15) is 0 Å². The molecule has 0 amide bonds. The highest BCUT2D eigenvalue weighted by Crippen LogP contribution is 2.28. The Kier molecular flexibility index (Phi) is 14.4. The number of rotatable bonds is 6. The van der Waals surface area contributed by atoms with Crippen molar-refractivity contribution in [2.75, 3.05) is 13.1 Å². The predicted molar refractivity (Wildman–Crippen MR) is 117 cm³/mol. The highest BCUT2D eigenvalue weighted by atomic mass is 35.5. The number of halogens is 2. The van der Waals surface area contributed by atoms with Crippen molar-refractivity contribution in [1.82, 2.24) is 15.3 Å². The molecule has 6 nitrogen and oxygen atoms in total. The summed E-state index contributed by atoms with van der Waals surface area (Å²) in [6, 6.07) is 9.00. The number of amidine groups is 1. The largest absolute Gasteiger partial charge is 0.493 e. The van der Waals surface area contributed by atoms with E-state index in [9.17, 15) is 0 Å². The number of hydrogen-bond acceptors (Lipinski definition) is 5. The summed E-state index contributed by atoms with van der Waals surface area (Å²) in [5.41, 5.74) is 0. The molecule has 0 spiro atoms. The van der Waals surface area contributed by atoms with Crippen molar-refractivity contribution in [1.29, 1.82) is 0 Å². The first-order valence-corrected chi connectivity index (χ1v) is 9.89. The van der Waals surface area contributed by atoms with Crippen LogP contribution in [0.1, 0.15) is 40.4 Å². The van der Waals surface area contributed by atoms with Crippen molar-refractivity contribution >= 4 is 29.0 Å². The van der Waals surface area contributed by atoms with Gasteiger partial charge in [-0.25, -0.2) is 15.0 Å². The minimum atomic E-state index is 0.0389. The Morgan fingerprint density at radius 1 is 1.04 bits per heavy atom. The van der Waals surface area contributed by atoms with Gasteiger partial charge in [-0.3, -0.25) is 0 Å². The molecule has 8 heteroatoms. The van der Waals surface area contributed by atoms with Gasteiger partial charge >= 0.3 is 0 Å². The molecule has 0 aliphatic rings. The summed E-state index contributed by atoms with van der Waals surface area (Å²) in [5, 5.41) is 3.15. The smallest absolute Gasteiger partial charge is 0.195 e. The zero-order chi connectivity index (χ0) is 21.4. The summed E-state index contributed by atoms with van der Waals surface area (Å²) in [4.78, 5) is 12.3. The molecule has 0 bridgehead atoms. The molecule has 0 unspecified atom stereocenters. The van der Waals surface area contributed by atoms with Crippen LogP contribution < -0.4 is 14.8 Å². The van der Waals surface area contributed by atoms with Crippen molar-refractivity contribution in [2.45, 2.75) is 34.6 Å². The zero-order valence-corrected chi connectivity index (χ0v) is 18.7. The lowest BCUT2D eigenvalue weighted by atomic mass is 10.3. The molecule has 1 aromatic carbocycles. The third-order valence-corrected chi connectivity index (χ3v) is 3.34. The summed E-state index contributed by atoms with van der Waals surface area (Å²) in [5.74, 6) is 2.30. The first kappa shape index (κ1) is 25.7. The molecule has 154 valence electrons. The average Bonchev–Trinajstić information content (AvgIpc) is 2.77. The molecule has 1 heterocycles. The van der Waals surface area contributed by atoms with E-state index in [1.54, 1.807) is 44.6 Å². The zero-order valence-electron chi connectivity index (χ0n) is 17.2. The lowest BCUT2D eigenvalue weighted by Gasteiger charge is -2.13. The summed E-state index contributed by atoms with van der Waals surface area (Å²) in [6.07, 6.45) is 3.20. The fourth-order valence-corrected chi connectivity index (χ4v) is 2.00. The lowest BCUT2D eigenvalue weighted by Crippen LogP contribution is -2.25. The van der Waals surface area contributed by atoms with E-state index in [0.29, 0.717) is 28.9 Å². The van der Waals surface area contributed by atoms with E-state index in [-0.39, 0.29) is 11.2 Å². The second kappa shape index (κ2) is 15.7. The third-order valence-electron chi connectivity index (χ3n) is 2.86. The van der Waals surface area contributed by atoms with E-state index < -0.39 is 0 Å². The number of aliphatic imine (C=N–C) groups is 1. The molecule has 1 aromatic heterocycles. The average molecular weight is 427 g/mol. The van der Waals surface area contributed by atoms with Crippen LogP contribution in [0.2, 0.25) is 0 Å². The number of nitrogens with zero attached hydrogens (tertiary/aromatic N) is 3. The van der Waals surface area contributed by atoms with Gasteiger partial charge in [0, 0.05) is 12.4 Å². The highest BCUT2D eigenvalue weighted by molar-refractivity contribution is 6.31. The molecule has 0 fully saturated rings. The number of hydrogen-bond donors (Lipinski definition) is 1. The molecular formula is C20H28Cl2N4O2. The maximum absolute atomic E-state index is 6.28. The van der Waals surface area contributed by atoms with Gasteiger partial charge in [0.25, 0.3) is 0 Å². The third kappa shape index (κ3) is 8.59. The lowest BCUT2D eigenvalue weighted by molar-refractivity contribution is 0.360. The van der Waals surface area contributed by atoms with Gasteiger partial charge in [0.15, 0.2) is 23.2 Å². The molecule has 28 heavy (non-hydrogen) atoms. The first-order valence-electron chi connectivity index (χ1n) is 8.97. The fourth-order valence-electron chi connectivity index (χ4n) is 1.75. The standard InChI is InChI=1S/C16H16Cl2N4O2.2C2H6/c1-11(24-13-7-4-3-6-12(13)23-2)14(18)22-16(21-10-17)15-19-8-5-9-20-15;2*1-2/h3-9H,10H2,1-2H3,(H,21,22);2*1-2H3/b14-11+;;. The number of aromatic nitrogens is 2. The number of para-hydroxylation sites is 2. The second-order valence-corrected chi connectivity index (χ2v) is 5.06. The number of allylic oxidation sites excluding steroid dienone is 1. The number of methoxy groups -OCH3 is 1. The van der Waals surface area contributed by atoms with Crippen molar-refractivity contribution in [3.8, 4) is 11.5 Å².